The van der Waals surface area contributed by atoms with Crippen LogP contribution < -0.4 is 14.8 Å². The number of rotatable bonds is 6. The Balaban J connectivity index is 1.60. The predicted molar refractivity (Wildman–Crippen MR) is 101 cm³/mol. The maximum Gasteiger partial charge on any atom is 0.265 e. The molecule has 0 bridgehead atoms. The van der Waals surface area contributed by atoms with Crippen LogP contribution in [-0.4, -0.2) is 13.0 Å². The summed E-state index contributed by atoms with van der Waals surface area (Å²) in [5.74, 6) is 1.21. The van der Waals surface area contributed by atoms with Crippen LogP contribution in [0.5, 0.6) is 11.5 Å². The van der Waals surface area contributed by atoms with Crippen molar-refractivity contribution in [3.8, 4) is 11.5 Å². The fourth-order valence-electron chi connectivity index (χ4n) is 2.16. The van der Waals surface area contributed by atoms with Crippen LogP contribution in [0.4, 0.5) is 5.69 Å². The van der Waals surface area contributed by atoms with E-state index in [1.165, 1.54) is 11.3 Å². The SMILES string of the molecule is COc1ccc(NC(=O)c2cc(COc3ccccc3Cl)cs2)cc1. The molecule has 1 aromatic heterocycles. The highest BCUT2D eigenvalue weighted by Gasteiger charge is 2.10. The predicted octanol–water partition coefficient (Wildman–Crippen LogP) is 5.24. The molecular formula is C19H16ClNO3S. The van der Waals surface area contributed by atoms with Crippen LogP contribution in [-0.2, 0) is 6.61 Å². The van der Waals surface area contributed by atoms with Crippen LogP contribution in [0.3, 0.4) is 0 Å². The number of halogens is 1. The molecule has 0 unspecified atom stereocenters. The topological polar surface area (TPSA) is 47.6 Å². The average Bonchev–Trinajstić information content (AvgIpc) is 3.11. The first-order valence-electron chi connectivity index (χ1n) is 7.56. The summed E-state index contributed by atoms with van der Waals surface area (Å²) in [6.07, 6.45) is 0. The van der Waals surface area contributed by atoms with Crippen molar-refractivity contribution < 1.29 is 14.3 Å². The van der Waals surface area contributed by atoms with Crippen LogP contribution in [0.2, 0.25) is 5.02 Å². The molecule has 0 aliphatic heterocycles. The molecule has 0 saturated carbocycles. The van der Waals surface area contributed by atoms with Crippen molar-refractivity contribution in [2.45, 2.75) is 6.61 Å². The Labute approximate surface area is 155 Å². The number of ether oxygens (including phenoxy) is 2. The highest BCUT2D eigenvalue weighted by atomic mass is 35.5. The van der Waals surface area contributed by atoms with Crippen LogP contribution in [0.15, 0.2) is 60.0 Å². The minimum absolute atomic E-state index is 0.154. The molecule has 4 nitrogen and oxygen atoms in total. The van der Waals surface area contributed by atoms with Crippen molar-refractivity contribution in [3.05, 3.63) is 75.4 Å². The molecule has 128 valence electrons. The standard InChI is InChI=1S/C19H16ClNO3S/c1-23-15-8-6-14(7-9-15)21-19(22)18-10-13(12-25-18)11-24-17-5-3-2-4-16(17)20/h2-10,12H,11H2,1H3,(H,21,22). The van der Waals surface area contributed by atoms with Gasteiger partial charge in [0, 0.05) is 11.3 Å². The highest BCUT2D eigenvalue weighted by Crippen LogP contribution is 2.25. The van der Waals surface area contributed by atoms with Crippen molar-refractivity contribution in [1.29, 1.82) is 0 Å². The quantitative estimate of drug-likeness (QED) is 0.642. The third kappa shape index (κ3) is 4.53. The van der Waals surface area contributed by atoms with E-state index in [1.807, 2.05) is 29.6 Å². The Hall–Kier alpha value is -2.50. The zero-order valence-electron chi connectivity index (χ0n) is 13.5. The number of thiophene rings is 1. The van der Waals surface area contributed by atoms with E-state index in [1.54, 1.807) is 37.4 Å². The van der Waals surface area contributed by atoms with Crippen molar-refractivity contribution >= 4 is 34.5 Å². The molecule has 0 atom stereocenters. The summed E-state index contributed by atoms with van der Waals surface area (Å²) in [6, 6.07) is 16.3. The first-order valence-corrected chi connectivity index (χ1v) is 8.81. The molecule has 0 saturated heterocycles. The normalized spacial score (nSPS) is 10.3. The molecule has 3 aromatic rings. The summed E-state index contributed by atoms with van der Waals surface area (Å²) in [4.78, 5) is 12.9. The van der Waals surface area contributed by atoms with Crippen LogP contribution >= 0.6 is 22.9 Å². The fourth-order valence-corrected chi connectivity index (χ4v) is 3.14. The molecule has 2 aromatic carbocycles. The summed E-state index contributed by atoms with van der Waals surface area (Å²) in [5.41, 5.74) is 1.64. The van der Waals surface area contributed by atoms with E-state index in [-0.39, 0.29) is 5.91 Å². The molecule has 1 heterocycles. The molecule has 0 aliphatic carbocycles. The van der Waals surface area contributed by atoms with Crippen LogP contribution in [0.1, 0.15) is 15.2 Å². The van der Waals surface area contributed by atoms with Gasteiger partial charge < -0.3 is 14.8 Å². The van der Waals surface area contributed by atoms with Gasteiger partial charge in [-0.1, -0.05) is 23.7 Å². The van der Waals surface area contributed by atoms with Crippen LogP contribution in [0, 0.1) is 0 Å². The molecule has 0 radical (unpaired) electrons. The summed E-state index contributed by atoms with van der Waals surface area (Å²) < 4.78 is 10.8. The van der Waals surface area contributed by atoms with Gasteiger partial charge in [-0.25, -0.2) is 0 Å². The van der Waals surface area contributed by atoms with Gasteiger partial charge in [-0.05, 0) is 47.8 Å². The molecule has 3 rings (SSSR count). The molecule has 6 heteroatoms. The summed E-state index contributed by atoms with van der Waals surface area (Å²) in [5, 5.41) is 5.33. The molecule has 1 amide bonds. The Morgan fingerprint density at radius 3 is 2.64 bits per heavy atom. The van der Waals surface area contributed by atoms with E-state index >= 15 is 0 Å². The van der Waals surface area contributed by atoms with Gasteiger partial charge >= 0.3 is 0 Å². The number of carbonyl (C=O) groups is 1. The lowest BCUT2D eigenvalue weighted by molar-refractivity contribution is 0.103. The lowest BCUT2D eigenvalue weighted by Crippen LogP contribution is -2.10. The lowest BCUT2D eigenvalue weighted by Gasteiger charge is -2.06. The van der Waals surface area contributed by atoms with Gasteiger partial charge in [0.2, 0.25) is 0 Å². The summed E-state index contributed by atoms with van der Waals surface area (Å²) in [6.45, 7) is 0.357. The molecule has 0 aliphatic rings. The second-order valence-electron chi connectivity index (χ2n) is 5.22. The number of nitrogens with one attached hydrogen (secondary N) is 1. The monoisotopic (exact) mass is 373 g/mol. The first kappa shape index (κ1) is 17.3. The van der Waals surface area contributed by atoms with Crippen LogP contribution in [0.25, 0.3) is 0 Å². The first-order chi connectivity index (χ1) is 12.2. The van der Waals surface area contributed by atoms with E-state index in [2.05, 4.69) is 5.32 Å². The third-order valence-corrected chi connectivity index (χ3v) is 4.75. The maximum absolute atomic E-state index is 12.3. The number of benzene rings is 2. The maximum atomic E-state index is 12.3. The van der Waals surface area contributed by atoms with Gasteiger partial charge in [0.15, 0.2) is 0 Å². The van der Waals surface area contributed by atoms with E-state index in [9.17, 15) is 4.79 Å². The molecule has 25 heavy (non-hydrogen) atoms. The van der Waals surface area contributed by atoms with E-state index < -0.39 is 0 Å². The lowest BCUT2D eigenvalue weighted by atomic mass is 10.3. The van der Waals surface area contributed by atoms with Crippen molar-refractivity contribution in [1.82, 2.24) is 0 Å². The van der Waals surface area contributed by atoms with Gasteiger partial charge in [0.1, 0.15) is 18.1 Å². The number of hydrogen-bond acceptors (Lipinski definition) is 4. The minimum Gasteiger partial charge on any atom is -0.497 e. The zero-order valence-corrected chi connectivity index (χ0v) is 15.1. The number of amides is 1. The smallest absolute Gasteiger partial charge is 0.265 e. The molecule has 1 N–H and O–H groups in total. The minimum atomic E-state index is -0.154. The average molecular weight is 374 g/mol. The second kappa shape index (κ2) is 8.05. The van der Waals surface area contributed by atoms with Gasteiger partial charge in [-0.15, -0.1) is 11.3 Å². The number of carbonyl (C=O) groups excluding carboxylic acids is 1. The summed E-state index contributed by atoms with van der Waals surface area (Å²) in [7, 11) is 1.60. The van der Waals surface area contributed by atoms with Gasteiger partial charge in [-0.3, -0.25) is 4.79 Å². The second-order valence-corrected chi connectivity index (χ2v) is 6.54. The number of para-hydroxylation sites is 1. The van der Waals surface area contributed by atoms with E-state index in [4.69, 9.17) is 21.1 Å². The van der Waals surface area contributed by atoms with Crippen molar-refractivity contribution in [3.63, 3.8) is 0 Å². The number of methoxy groups -OCH3 is 1. The number of hydrogen-bond donors (Lipinski definition) is 1. The zero-order chi connectivity index (χ0) is 17.6. The van der Waals surface area contributed by atoms with Gasteiger partial charge in [-0.2, -0.15) is 0 Å². The Bertz CT molecular complexity index is 861. The largest absolute Gasteiger partial charge is 0.497 e. The fraction of sp³-hybridized carbons (Fsp3) is 0.105. The van der Waals surface area contributed by atoms with Crippen molar-refractivity contribution in [2.24, 2.45) is 0 Å². The van der Waals surface area contributed by atoms with Gasteiger partial charge in [0.05, 0.1) is 17.0 Å². The van der Waals surface area contributed by atoms with E-state index in [0.29, 0.717) is 27.9 Å². The molecule has 0 spiro atoms. The van der Waals surface area contributed by atoms with Crippen molar-refractivity contribution in [2.75, 3.05) is 12.4 Å². The third-order valence-electron chi connectivity index (χ3n) is 3.46. The Morgan fingerprint density at radius 2 is 1.92 bits per heavy atom. The molecule has 0 fully saturated rings. The highest BCUT2D eigenvalue weighted by molar-refractivity contribution is 7.12. The van der Waals surface area contributed by atoms with E-state index in [0.717, 1.165) is 11.3 Å². The number of anilines is 1. The molecular weight excluding hydrogens is 358 g/mol. The Morgan fingerprint density at radius 1 is 1.16 bits per heavy atom. The summed E-state index contributed by atoms with van der Waals surface area (Å²) >= 11 is 7.44. The van der Waals surface area contributed by atoms with Gasteiger partial charge in [0.25, 0.3) is 5.91 Å². The Kier molecular flexibility index (Phi) is 5.58.